The van der Waals surface area contributed by atoms with Crippen LogP contribution in [-0.2, 0) is 6.54 Å². The number of thiocarbonyl (C=S) groups is 1. The number of carbonyl (C=O) groups excluding carboxylic acids is 1. The van der Waals surface area contributed by atoms with Gasteiger partial charge in [-0.05, 0) is 29.9 Å². The highest BCUT2D eigenvalue weighted by Gasteiger charge is 2.14. The number of benzene rings is 2. The molecule has 5 heteroatoms. The summed E-state index contributed by atoms with van der Waals surface area (Å²) >= 11 is 5.17. The van der Waals surface area contributed by atoms with E-state index in [4.69, 9.17) is 12.2 Å². The van der Waals surface area contributed by atoms with Crippen LogP contribution in [0.4, 0.5) is 4.39 Å². The maximum absolute atomic E-state index is 13.5. The maximum atomic E-state index is 13.5. The Morgan fingerprint density at radius 1 is 1.14 bits per heavy atom. The lowest BCUT2D eigenvalue weighted by molar-refractivity contribution is 0.0970. The first-order chi connectivity index (χ1) is 10.1. The summed E-state index contributed by atoms with van der Waals surface area (Å²) in [5.41, 5.74) is 1.05. The van der Waals surface area contributed by atoms with Gasteiger partial charge in [-0.25, -0.2) is 4.39 Å². The second kappa shape index (κ2) is 6.95. The van der Waals surface area contributed by atoms with Crippen molar-refractivity contribution in [1.29, 1.82) is 0 Å². The van der Waals surface area contributed by atoms with Crippen LogP contribution < -0.4 is 5.32 Å². The van der Waals surface area contributed by atoms with E-state index in [0.29, 0.717) is 6.54 Å². The molecule has 0 atom stereocenters. The Morgan fingerprint density at radius 2 is 1.76 bits per heavy atom. The molecule has 108 valence electrons. The molecule has 2 rings (SSSR count). The Kier molecular flexibility index (Phi) is 5.00. The molecular weight excluding hydrogens is 287 g/mol. The summed E-state index contributed by atoms with van der Waals surface area (Å²) in [6.45, 7) is 0.567. The van der Waals surface area contributed by atoms with Gasteiger partial charge >= 0.3 is 0 Å². The molecule has 0 bridgehead atoms. The van der Waals surface area contributed by atoms with E-state index in [9.17, 15) is 9.18 Å². The molecule has 0 unspecified atom stereocenters. The molecule has 1 N–H and O–H groups in total. The molecule has 21 heavy (non-hydrogen) atoms. The number of hydrogen-bond donors (Lipinski definition) is 1. The van der Waals surface area contributed by atoms with E-state index in [0.717, 1.165) is 5.56 Å². The van der Waals surface area contributed by atoms with Gasteiger partial charge in [0.2, 0.25) is 0 Å². The molecular formula is C16H15FN2OS. The average molecular weight is 302 g/mol. The van der Waals surface area contributed by atoms with Crippen molar-refractivity contribution >= 4 is 23.2 Å². The van der Waals surface area contributed by atoms with Crippen molar-refractivity contribution in [1.82, 2.24) is 10.2 Å². The lowest BCUT2D eigenvalue weighted by Gasteiger charge is -2.20. The lowest BCUT2D eigenvalue weighted by Crippen LogP contribution is -2.40. The summed E-state index contributed by atoms with van der Waals surface area (Å²) in [6, 6.07) is 15.5. The van der Waals surface area contributed by atoms with Crippen LogP contribution in [0.1, 0.15) is 15.9 Å². The van der Waals surface area contributed by atoms with Gasteiger partial charge in [-0.2, -0.15) is 0 Å². The summed E-state index contributed by atoms with van der Waals surface area (Å²) in [5, 5.41) is 2.79. The van der Waals surface area contributed by atoms with E-state index < -0.39 is 11.7 Å². The molecule has 0 fully saturated rings. The second-order valence-corrected chi connectivity index (χ2v) is 4.97. The summed E-state index contributed by atoms with van der Waals surface area (Å²) in [4.78, 5) is 13.7. The van der Waals surface area contributed by atoms with Crippen LogP contribution in [0.2, 0.25) is 0 Å². The topological polar surface area (TPSA) is 32.3 Å². The van der Waals surface area contributed by atoms with Gasteiger partial charge in [0.05, 0.1) is 5.56 Å². The highest BCUT2D eigenvalue weighted by molar-refractivity contribution is 7.80. The fraction of sp³-hybridized carbons (Fsp3) is 0.125. The Morgan fingerprint density at radius 3 is 2.43 bits per heavy atom. The third kappa shape index (κ3) is 4.10. The van der Waals surface area contributed by atoms with Crippen LogP contribution in [0.25, 0.3) is 0 Å². The molecule has 0 radical (unpaired) electrons. The summed E-state index contributed by atoms with van der Waals surface area (Å²) in [6.07, 6.45) is 0. The molecule has 3 nitrogen and oxygen atoms in total. The third-order valence-electron chi connectivity index (χ3n) is 2.95. The average Bonchev–Trinajstić information content (AvgIpc) is 2.48. The number of hydrogen-bond acceptors (Lipinski definition) is 2. The first-order valence-electron chi connectivity index (χ1n) is 6.43. The minimum atomic E-state index is -0.566. The van der Waals surface area contributed by atoms with Crippen LogP contribution in [0, 0.1) is 5.82 Å². The van der Waals surface area contributed by atoms with E-state index in [1.165, 1.54) is 18.2 Å². The van der Waals surface area contributed by atoms with Gasteiger partial charge in [-0.1, -0.05) is 42.5 Å². The number of rotatable bonds is 3. The predicted octanol–water partition coefficient (Wildman–Crippen LogP) is 2.97. The van der Waals surface area contributed by atoms with Crippen molar-refractivity contribution in [2.45, 2.75) is 6.54 Å². The molecule has 0 aromatic heterocycles. The number of halogens is 1. The maximum Gasteiger partial charge on any atom is 0.260 e. The van der Waals surface area contributed by atoms with Crippen LogP contribution >= 0.6 is 12.2 Å². The van der Waals surface area contributed by atoms with E-state index in [2.05, 4.69) is 5.32 Å². The molecule has 1 amide bonds. The van der Waals surface area contributed by atoms with Crippen molar-refractivity contribution in [3.63, 3.8) is 0 Å². The Labute approximate surface area is 128 Å². The van der Waals surface area contributed by atoms with Gasteiger partial charge in [0, 0.05) is 13.6 Å². The van der Waals surface area contributed by atoms with Gasteiger partial charge in [-0.15, -0.1) is 0 Å². The van der Waals surface area contributed by atoms with Crippen molar-refractivity contribution in [2.24, 2.45) is 0 Å². The fourth-order valence-corrected chi connectivity index (χ4v) is 1.99. The zero-order valence-electron chi connectivity index (χ0n) is 11.5. The van der Waals surface area contributed by atoms with Crippen molar-refractivity contribution in [2.75, 3.05) is 7.05 Å². The van der Waals surface area contributed by atoms with Crippen molar-refractivity contribution < 1.29 is 9.18 Å². The standard InChI is InChI=1S/C16H15FN2OS/c1-19(11-12-7-3-2-4-8-12)16(21)18-15(20)13-9-5-6-10-14(13)17/h2-10H,11H2,1H3,(H,18,20,21). The summed E-state index contributed by atoms with van der Waals surface area (Å²) in [5.74, 6) is -1.11. The van der Waals surface area contributed by atoms with Gasteiger partial charge in [0.1, 0.15) is 5.82 Å². The molecule has 0 aliphatic carbocycles. The Hall–Kier alpha value is -2.27. The summed E-state index contributed by atoms with van der Waals surface area (Å²) < 4.78 is 13.5. The molecule has 0 heterocycles. The van der Waals surface area contributed by atoms with Crippen LogP contribution in [0.15, 0.2) is 54.6 Å². The molecule has 2 aromatic carbocycles. The largest absolute Gasteiger partial charge is 0.348 e. The number of amides is 1. The SMILES string of the molecule is CN(Cc1ccccc1)C(=S)NC(=O)c1ccccc1F. The lowest BCUT2D eigenvalue weighted by atomic mass is 10.2. The van der Waals surface area contributed by atoms with E-state index >= 15 is 0 Å². The van der Waals surface area contributed by atoms with Gasteiger partial charge in [-0.3, -0.25) is 10.1 Å². The van der Waals surface area contributed by atoms with Gasteiger partial charge in [0.25, 0.3) is 5.91 Å². The summed E-state index contributed by atoms with van der Waals surface area (Å²) in [7, 11) is 1.77. The highest BCUT2D eigenvalue weighted by atomic mass is 32.1. The van der Waals surface area contributed by atoms with Crippen LogP contribution in [-0.4, -0.2) is 23.0 Å². The molecule has 2 aromatic rings. The fourth-order valence-electron chi connectivity index (χ4n) is 1.83. The molecule has 0 saturated carbocycles. The minimum absolute atomic E-state index is 0.0204. The third-order valence-corrected chi connectivity index (χ3v) is 3.36. The highest BCUT2D eigenvalue weighted by Crippen LogP contribution is 2.07. The second-order valence-electron chi connectivity index (χ2n) is 4.58. The van der Waals surface area contributed by atoms with Gasteiger partial charge < -0.3 is 4.90 Å². The van der Waals surface area contributed by atoms with E-state index in [-0.39, 0.29) is 10.7 Å². The smallest absolute Gasteiger partial charge is 0.260 e. The van der Waals surface area contributed by atoms with Crippen LogP contribution in [0.5, 0.6) is 0 Å². The van der Waals surface area contributed by atoms with E-state index in [1.807, 2.05) is 30.3 Å². The molecule has 0 spiro atoms. The monoisotopic (exact) mass is 302 g/mol. The van der Waals surface area contributed by atoms with Crippen molar-refractivity contribution in [3.05, 3.63) is 71.5 Å². The minimum Gasteiger partial charge on any atom is -0.348 e. The molecule has 0 aliphatic rings. The zero-order chi connectivity index (χ0) is 15.2. The van der Waals surface area contributed by atoms with Crippen LogP contribution in [0.3, 0.4) is 0 Å². The quantitative estimate of drug-likeness (QED) is 0.885. The number of nitrogens with zero attached hydrogens (tertiary/aromatic N) is 1. The zero-order valence-corrected chi connectivity index (χ0v) is 12.4. The van der Waals surface area contributed by atoms with Crippen molar-refractivity contribution in [3.8, 4) is 0 Å². The van der Waals surface area contributed by atoms with Gasteiger partial charge in [0.15, 0.2) is 5.11 Å². The predicted molar refractivity (Wildman–Crippen MR) is 84.4 cm³/mol. The Balaban J connectivity index is 1.98. The number of carbonyl (C=O) groups is 1. The first kappa shape index (κ1) is 15.1. The molecule has 0 aliphatic heterocycles. The Bertz CT molecular complexity index is 646. The first-order valence-corrected chi connectivity index (χ1v) is 6.83. The molecule has 0 saturated heterocycles. The normalized spacial score (nSPS) is 10.0. The number of nitrogens with one attached hydrogen (secondary N) is 1. The van der Waals surface area contributed by atoms with E-state index in [1.54, 1.807) is 18.0 Å².